The molecule has 0 saturated heterocycles. The fourth-order valence-corrected chi connectivity index (χ4v) is 0.427. The number of amides is 1. The van der Waals surface area contributed by atoms with Crippen LogP contribution in [0.3, 0.4) is 0 Å². The summed E-state index contributed by atoms with van der Waals surface area (Å²) in [5, 5.41) is 20.4. The topological polar surface area (TPSA) is 133 Å². The largest absolute Gasteiger partial charge is 0.479 e. The second kappa shape index (κ2) is 4.23. The molecule has 8 nitrogen and oxygen atoms in total. The zero-order chi connectivity index (χ0) is 9.72. The van der Waals surface area contributed by atoms with E-state index >= 15 is 0 Å². The first-order valence-electron chi connectivity index (χ1n) is 2.65. The van der Waals surface area contributed by atoms with E-state index in [-0.39, 0.29) is 0 Å². The molecular formula is C4H4N2O6. The van der Waals surface area contributed by atoms with Gasteiger partial charge in [-0.15, -0.1) is 9.81 Å². The lowest BCUT2D eigenvalue weighted by Gasteiger charge is -2.05. The number of hydrogen-bond donors (Lipinski definition) is 2. The maximum Gasteiger partial charge on any atom is 0.335 e. The molecule has 0 rings (SSSR count). The van der Waals surface area contributed by atoms with E-state index in [1.54, 1.807) is 5.18 Å². The SMILES string of the molecule is O=NC(=O)C(N=O)C(O)C(=O)O. The van der Waals surface area contributed by atoms with Gasteiger partial charge >= 0.3 is 11.9 Å². The Morgan fingerprint density at radius 2 is 1.75 bits per heavy atom. The van der Waals surface area contributed by atoms with Gasteiger partial charge in [-0.3, -0.25) is 4.79 Å². The number of carbonyl (C=O) groups excluding carboxylic acids is 1. The lowest BCUT2D eigenvalue weighted by Crippen LogP contribution is -2.37. The summed E-state index contributed by atoms with van der Waals surface area (Å²) in [7, 11) is 0. The molecule has 2 unspecified atom stereocenters. The fourth-order valence-electron chi connectivity index (χ4n) is 0.427. The second-order valence-electron chi connectivity index (χ2n) is 1.76. The number of aliphatic carboxylic acids is 1. The van der Waals surface area contributed by atoms with Gasteiger partial charge < -0.3 is 10.2 Å². The monoisotopic (exact) mass is 176 g/mol. The smallest absolute Gasteiger partial charge is 0.335 e. The Morgan fingerprint density at radius 1 is 1.25 bits per heavy atom. The maximum absolute atomic E-state index is 10.3. The van der Waals surface area contributed by atoms with Crippen LogP contribution in [0, 0.1) is 9.81 Å². The third-order valence-electron chi connectivity index (χ3n) is 1.01. The van der Waals surface area contributed by atoms with Crippen molar-refractivity contribution in [3.63, 3.8) is 0 Å². The predicted molar refractivity (Wildman–Crippen MR) is 34.0 cm³/mol. The van der Waals surface area contributed by atoms with Crippen LogP contribution in [-0.4, -0.2) is 34.2 Å². The minimum atomic E-state index is -2.33. The number of carbonyl (C=O) groups is 2. The van der Waals surface area contributed by atoms with Gasteiger partial charge in [0.15, 0.2) is 6.10 Å². The van der Waals surface area contributed by atoms with Crippen LogP contribution in [0.4, 0.5) is 0 Å². The Hall–Kier alpha value is -1.70. The molecule has 0 aliphatic carbocycles. The van der Waals surface area contributed by atoms with E-state index in [0.29, 0.717) is 0 Å². The molecule has 0 heterocycles. The molecule has 2 atom stereocenters. The van der Waals surface area contributed by atoms with Gasteiger partial charge in [-0.2, -0.15) is 0 Å². The molecule has 0 aromatic rings. The molecule has 0 spiro atoms. The summed E-state index contributed by atoms with van der Waals surface area (Å²) in [5.74, 6) is -3.43. The van der Waals surface area contributed by atoms with Crippen LogP contribution >= 0.6 is 0 Å². The summed E-state index contributed by atoms with van der Waals surface area (Å²) in [6.07, 6.45) is -2.33. The molecule has 0 fully saturated rings. The number of carboxylic acids is 1. The van der Waals surface area contributed by atoms with Gasteiger partial charge in [-0.25, -0.2) is 4.79 Å². The number of nitroso groups, excluding NO2 is 2. The Kier molecular flexibility index (Phi) is 3.63. The lowest BCUT2D eigenvalue weighted by atomic mass is 10.1. The van der Waals surface area contributed by atoms with Crippen molar-refractivity contribution in [2.75, 3.05) is 0 Å². The molecule has 0 aliphatic rings. The highest BCUT2D eigenvalue weighted by atomic mass is 16.4. The minimum Gasteiger partial charge on any atom is -0.479 e. The highest BCUT2D eigenvalue weighted by Gasteiger charge is 2.34. The Labute approximate surface area is 65.1 Å². The van der Waals surface area contributed by atoms with Crippen LogP contribution in [0.25, 0.3) is 0 Å². The van der Waals surface area contributed by atoms with Crippen molar-refractivity contribution >= 4 is 11.9 Å². The number of carboxylic acid groups (broad SMARTS) is 1. The quantitative estimate of drug-likeness (QED) is 0.520. The fraction of sp³-hybridized carbons (Fsp3) is 0.500. The first kappa shape index (κ1) is 10.3. The number of hydrogen-bond acceptors (Lipinski definition) is 6. The molecule has 0 aromatic carbocycles. The summed E-state index contributed by atoms with van der Waals surface area (Å²) in [4.78, 5) is 39.6. The minimum absolute atomic E-state index is 1.61. The van der Waals surface area contributed by atoms with Gasteiger partial charge in [-0.05, 0) is 0 Å². The molecule has 0 saturated carbocycles. The highest BCUT2D eigenvalue weighted by molar-refractivity contribution is 5.89. The average Bonchev–Trinajstić information content (AvgIpc) is 2.05. The average molecular weight is 176 g/mol. The Bertz CT molecular complexity index is 226. The number of aliphatic hydroxyl groups excluding tert-OH is 1. The number of aliphatic hydroxyl groups is 1. The van der Waals surface area contributed by atoms with Crippen LogP contribution in [0.5, 0.6) is 0 Å². The first-order valence-corrected chi connectivity index (χ1v) is 2.65. The summed E-state index contributed by atoms with van der Waals surface area (Å²) >= 11 is 0. The van der Waals surface area contributed by atoms with Gasteiger partial charge in [0.25, 0.3) is 0 Å². The normalized spacial score (nSPS) is 14.4. The second-order valence-corrected chi connectivity index (χ2v) is 1.76. The van der Waals surface area contributed by atoms with Gasteiger partial charge in [0.05, 0.1) is 0 Å². The molecule has 0 radical (unpaired) electrons. The Morgan fingerprint density at radius 3 is 2.00 bits per heavy atom. The third kappa shape index (κ3) is 2.16. The number of rotatable bonds is 4. The van der Waals surface area contributed by atoms with E-state index in [2.05, 4.69) is 0 Å². The molecule has 12 heavy (non-hydrogen) atoms. The van der Waals surface area contributed by atoms with Crippen molar-refractivity contribution in [3.05, 3.63) is 9.81 Å². The van der Waals surface area contributed by atoms with Crippen LogP contribution in [-0.2, 0) is 9.59 Å². The van der Waals surface area contributed by atoms with Crippen LogP contribution in [0.15, 0.2) is 10.4 Å². The molecule has 8 heteroatoms. The molecule has 0 aromatic heterocycles. The molecule has 0 aliphatic heterocycles. The third-order valence-corrected chi connectivity index (χ3v) is 1.01. The van der Waals surface area contributed by atoms with E-state index in [1.807, 2.05) is 5.18 Å². The standard InChI is InChI=1S/C4H4N2O6/c7-2(4(9)10)1(5-11)3(8)6-12/h1-2,7H,(H,9,10). The molecule has 0 bridgehead atoms. The van der Waals surface area contributed by atoms with Crippen molar-refractivity contribution in [2.45, 2.75) is 12.1 Å². The van der Waals surface area contributed by atoms with E-state index in [9.17, 15) is 19.4 Å². The summed E-state index contributed by atoms with van der Waals surface area (Å²) < 4.78 is 0. The van der Waals surface area contributed by atoms with Crippen LogP contribution in [0.1, 0.15) is 0 Å². The van der Waals surface area contributed by atoms with Gasteiger partial charge in [0, 0.05) is 5.18 Å². The van der Waals surface area contributed by atoms with E-state index < -0.39 is 24.0 Å². The van der Waals surface area contributed by atoms with Gasteiger partial charge in [-0.1, -0.05) is 5.18 Å². The van der Waals surface area contributed by atoms with Crippen molar-refractivity contribution < 1.29 is 19.8 Å². The Balaban J connectivity index is 4.54. The van der Waals surface area contributed by atoms with E-state index in [1.165, 1.54) is 0 Å². The lowest BCUT2D eigenvalue weighted by molar-refractivity contribution is -0.149. The van der Waals surface area contributed by atoms with E-state index in [0.717, 1.165) is 0 Å². The first-order chi connectivity index (χ1) is 5.54. The zero-order valence-corrected chi connectivity index (χ0v) is 5.58. The van der Waals surface area contributed by atoms with Crippen molar-refractivity contribution in [3.8, 4) is 0 Å². The highest BCUT2D eigenvalue weighted by Crippen LogP contribution is 2.01. The van der Waals surface area contributed by atoms with Crippen molar-refractivity contribution in [1.82, 2.24) is 0 Å². The maximum atomic E-state index is 10.3. The predicted octanol–water partition coefficient (Wildman–Crippen LogP) is -1.14. The summed E-state index contributed by atoms with van der Waals surface area (Å²) in [6.45, 7) is 0. The van der Waals surface area contributed by atoms with Crippen LogP contribution < -0.4 is 0 Å². The summed E-state index contributed by atoms with van der Waals surface area (Å²) in [5.41, 5.74) is 0. The van der Waals surface area contributed by atoms with Crippen LogP contribution in [0.2, 0.25) is 0 Å². The van der Waals surface area contributed by atoms with Crippen molar-refractivity contribution in [1.29, 1.82) is 0 Å². The molecule has 1 amide bonds. The molecule has 2 N–H and O–H groups in total. The molecule has 66 valence electrons. The van der Waals surface area contributed by atoms with Gasteiger partial charge in [0.1, 0.15) is 0 Å². The molecular weight excluding hydrogens is 172 g/mol. The van der Waals surface area contributed by atoms with Crippen molar-refractivity contribution in [2.24, 2.45) is 10.4 Å². The number of nitrogens with zero attached hydrogens (tertiary/aromatic N) is 2. The summed E-state index contributed by atoms with van der Waals surface area (Å²) in [6, 6.07) is -2.17. The van der Waals surface area contributed by atoms with Gasteiger partial charge in [0.2, 0.25) is 6.04 Å². The van der Waals surface area contributed by atoms with E-state index in [4.69, 9.17) is 10.2 Å². The zero-order valence-electron chi connectivity index (χ0n) is 5.58.